The molecule has 0 spiro atoms. The van der Waals surface area contributed by atoms with Crippen molar-refractivity contribution in [2.24, 2.45) is 23.7 Å². The van der Waals surface area contributed by atoms with Crippen molar-refractivity contribution in [1.29, 1.82) is 0 Å². The Hall–Kier alpha value is -1.43. The van der Waals surface area contributed by atoms with Crippen LogP contribution in [0.3, 0.4) is 0 Å². The average Bonchev–Trinajstić information content (AvgIpc) is 3.03. The zero-order valence-corrected chi connectivity index (χ0v) is 14.9. The van der Waals surface area contributed by atoms with E-state index in [0.29, 0.717) is 11.6 Å². The predicted octanol–water partition coefficient (Wildman–Crippen LogP) is 1.98. The second kappa shape index (κ2) is 6.08. The van der Waals surface area contributed by atoms with Crippen LogP contribution in [0.1, 0.15) is 61.9 Å². The van der Waals surface area contributed by atoms with Gasteiger partial charge >= 0.3 is 0 Å². The van der Waals surface area contributed by atoms with Gasteiger partial charge in [-0.3, -0.25) is 9.48 Å². The third-order valence-electron chi connectivity index (χ3n) is 7.03. The topological polar surface area (TPSA) is 71.8 Å². The maximum Gasteiger partial charge on any atom is 0.273 e. The van der Waals surface area contributed by atoms with E-state index in [-0.39, 0.29) is 11.4 Å². The first-order chi connectivity index (χ1) is 12.2. The smallest absolute Gasteiger partial charge is 0.273 e. The van der Waals surface area contributed by atoms with Crippen molar-refractivity contribution in [2.45, 2.75) is 63.5 Å². The molecule has 0 aromatic carbocycles. The van der Waals surface area contributed by atoms with Crippen LogP contribution in [-0.2, 0) is 6.54 Å². The molecule has 4 saturated carbocycles. The maximum absolute atomic E-state index is 12.8. The highest BCUT2D eigenvalue weighted by Gasteiger charge is 2.51. The molecule has 1 amide bonds. The molecule has 1 saturated heterocycles. The molecule has 1 aromatic heterocycles. The number of carbonyl (C=O) groups is 1. The first-order valence-corrected chi connectivity index (χ1v) is 10.1. The van der Waals surface area contributed by atoms with E-state index in [4.69, 9.17) is 0 Å². The minimum absolute atomic E-state index is 0.0185. The van der Waals surface area contributed by atoms with Gasteiger partial charge in [-0.2, -0.15) is 0 Å². The average molecular weight is 343 g/mol. The molecule has 1 aliphatic heterocycles. The minimum atomic E-state index is -0.0185. The summed E-state index contributed by atoms with van der Waals surface area (Å²) in [6.45, 7) is 3.01. The third-order valence-corrected chi connectivity index (χ3v) is 7.03. The summed E-state index contributed by atoms with van der Waals surface area (Å²) < 4.78 is 1.85. The Morgan fingerprint density at radius 1 is 1.24 bits per heavy atom. The quantitative estimate of drug-likeness (QED) is 0.877. The number of hydrogen-bond donors (Lipinski definition) is 2. The highest BCUT2D eigenvalue weighted by Crippen LogP contribution is 2.55. The SMILES string of the molecule is O=C(NC12CC3CC(CC(C3)C1)C2)c1cn(C[C@H]2CCCNC2)nn1. The van der Waals surface area contributed by atoms with Crippen LogP contribution in [-0.4, -0.2) is 39.5 Å². The number of rotatable bonds is 4. The lowest BCUT2D eigenvalue weighted by Crippen LogP contribution is -2.59. The summed E-state index contributed by atoms with van der Waals surface area (Å²) in [6, 6.07) is 0. The van der Waals surface area contributed by atoms with Crippen LogP contribution in [0.25, 0.3) is 0 Å². The Labute approximate surface area is 149 Å². The molecule has 1 atom stereocenters. The summed E-state index contributed by atoms with van der Waals surface area (Å²) >= 11 is 0. The van der Waals surface area contributed by atoms with Gasteiger partial charge in [-0.15, -0.1) is 5.10 Å². The Kier molecular flexibility index (Phi) is 3.84. The van der Waals surface area contributed by atoms with Gasteiger partial charge in [-0.25, -0.2) is 0 Å². The third kappa shape index (κ3) is 3.09. The van der Waals surface area contributed by atoms with Crippen LogP contribution >= 0.6 is 0 Å². The highest BCUT2D eigenvalue weighted by atomic mass is 16.2. The van der Waals surface area contributed by atoms with E-state index in [1.807, 2.05) is 10.9 Å². The molecule has 5 fully saturated rings. The molecular weight excluding hydrogens is 314 g/mol. The lowest BCUT2D eigenvalue weighted by atomic mass is 9.53. The van der Waals surface area contributed by atoms with Crippen molar-refractivity contribution in [3.8, 4) is 0 Å². The van der Waals surface area contributed by atoms with Crippen LogP contribution in [0.15, 0.2) is 6.20 Å². The van der Waals surface area contributed by atoms with Gasteiger partial charge in [0.2, 0.25) is 0 Å². The number of nitrogens with one attached hydrogen (secondary N) is 2. The monoisotopic (exact) mass is 343 g/mol. The molecular formula is C19H29N5O. The summed E-state index contributed by atoms with van der Waals surface area (Å²) in [5.74, 6) is 3.08. The van der Waals surface area contributed by atoms with Crippen molar-refractivity contribution in [3.05, 3.63) is 11.9 Å². The highest BCUT2D eigenvalue weighted by molar-refractivity contribution is 5.92. The number of amides is 1. The van der Waals surface area contributed by atoms with Crippen molar-refractivity contribution in [3.63, 3.8) is 0 Å². The Bertz CT molecular complexity index is 613. The molecule has 0 radical (unpaired) electrons. The van der Waals surface area contributed by atoms with E-state index >= 15 is 0 Å². The lowest BCUT2D eigenvalue weighted by Gasteiger charge is -2.56. The fourth-order valence-electron chi connectivity index (χ4n) is 6.40. The van der Waals surface area contributed by atoms with Gasteiger partial charge in [0.05, 0.1) is 6.20 Å². The Balaban J connectivity index is 1.24. The molecule has 2 heterocycles. The van der Waals surface area contributed by atoms with Crippen molar-refractivity contribution < 1.29 is 4.79 Å². The summed E-state index contributed by atoms with van der Waals surface area (Å²) in [5, 5.41) is 15.2. The molecule has 4 aliphatic carbocycles. The summed E-state index contributed by atoms with van der Waals surface area (Å²) in [7, 11) is 0. The molecule has 136 valence electrons. The first kappa shape index (κ1) is 15.8. The number of carbonyl (C=O) groups excluding carboxylic acids is 1. The van der Waals surface area contributed by atoms with Crippen LogP contribution in [0.4, 0.5) is 0 Å². The minimum Gasteiger partial charge on any atom is -0.345 e. The second-order valence-corrected chi connectivity index (χ2v) is 9.19. The van der Waals surface area contributed by atoms with Gasteiger partial charge in [0.1, 0.15) is 0 Å². The Morgan fingerprint density at radius 2 is 1.96 bits per heavy atom. The van der Waals surface area contributed by atoms with Crippen molar-refractivity contribution in [2.75, 3.05) is 13.1 Å². The molecule has 5 aliphatic rings. The standard InChI is InChI=1S/C19H29N5O/c25-18(17-12-24(23-22-17)11-13-2-1-3-20-10-13)21-19-7-14-4-15(8-19)6-16(5-14)9-19/h12-16,20H,1-11H2,(H,21,25)/t13-,14?,15?,16?,19?/m0/s1. The number of nitrogens with zero attached hydrogens (tertiary/aromatic N) is 3. The maximum atomic E-state index is 12.8. The lowest BCUT2D eigenvalue weighted by molar-refractivity contribution is -0.0167. The van der Waals surface area contributed by atoms with E-state index in [9.17, 15) is 4.79 Å². The molecule has 0 unspecified atom stereocenters. The zero-order valence-electron chi connectivity index (χ0n) is 14.9. The molecule has 2 N–H and O–H groups in total. The number of hydrogen-bond acceptors (Lipinski definition) is 4. The van der Waals surface area contributed by atoms with Gasteiger partial charge < -0.3 is 10.6 Å². The summed E-state index contributed by atoms with van der Waals surface area (Å²) in [6.07, 6.45) is 12.0. The second-order valence-electron chi connectivity index (χ2n) is 9.19. The fourth-order valence-corrected chi connectivity index (χ4v) is 6.40. The van der Waals surface area contributed by atoms with E-state index in [0.717, 1.165) is 37.4 Å². The number of piperidine rings is 1. The van der Waals surface area contributed by atoms with E-state index in [1.54, 1.807) is 0 Å². The van der Waals surface area contributed by atoms with Crippen LogP contribution in [0.2, 0.25) is 0 Å². The van der Waals surface area contributed by atoms with Gasteiger partial charge in [-0.05, 0) is 88.1 Å². The van der Waals surface area contributed by atoms with Crippen LogP contribution in [0, 0.1) is 23.7 Å². The fraction of sp³-hybridized carbons (Fsp3) is 0.842. The first-order valence-electron chi connectivity index (χ1n) is 10.1. The van der Waals surface area contributed by atoms with Gasteiger partial charge in [0.15, 0.2) is 5.69 Å². The molecule has 4 bridgehead atoms. The molecule has 1 aromatic rings. The normalized spacial score (nSPS) is 39.5. The zero-order chi connectivity index (χ0) is 16.9. The van der Waals surface area contributed by atoms with E-state index in [1.165, 1.54) is 51.4 Å². The van der Waals surface area contributed by atoms with Crippen LogP contribution < -0.4 is 10.6 Å². The summed E-state index contributed by atoms with van der Waals surface area (Å²) in [5.41, 5.74) is 0.530. The van der Waals surface area contributed by atoms with Gasteiger partial charge in [0.25, 0.3) is 5.91 Å². The Morgan fingerprint density at radius 3 is 2.60 bits per heavy atom. The van der Waals surface area contributed by atoms with Gasteiger partial charge in [0, 0.05) is 12.1 Å². The van der Waals surface area contributed by atoms with Crippen molar-refractivity contribution in [1.82, 2.24) is 25.6 Å². The molecule has 25 heavy (non-hydrogen) atoms. The molecule has 6 heteroatoms. The van der Waals surface area contributed by atoms with Gasteiger partial charge in [-0.1, -0.05) is 5.21 Å². The summed E-state index contributed by atoms with van der Waals surface area (Å²) in [4.78, 5) is 12.8. The van der Waals surface area contributed by atoms with E-state index in [2.05, 4.69) is 20.9 Å². The van der Waals surface area contributed by atoms with Crippen LogP contribution in [0.5, 0.6) is 0 Å². The molecule has 6 nitrogen and oxygen atoms in total. The van der Waals surface area contributed by atoms with E-state index < -0.39 is 0 Å². The largest absolute Gasteiger partial charge is 0.345 e. The van der Waals surface area contributed by atoms with Crippen molar-refractivity contribution >= 4 is 5.91 Å². The molecule has 6 rings (SSSR count). The predicted molar refractivity (Wildman–Crippen MR) is 94.0 cm³/mol. The number of aromatic nitrogens is 3.